The Morgan fingerprint density at radius 2 is 1.51 bits per heavy atom. The average Bonchev–Trinajstić information content (AvgIpc) is 3.01. The van der Waals surface area contributed by atoms with Gasteiger partial charge in [0.1, 0.15) is 16.3 Å². The summed E-state index contributed by atoms with van der Waals surface area (Å²) >= 11 is 5.60. The first-order valence-corrected chi connectivity index (χ1v) is 13.7. The van der Waals surface area contributed by atoms with E-state index in [1.54, 1.807) is 37.8 Å². The first-order valence-electron chi connectivity index (χ1n) is 13.3. The molecule has 0 saturated carbocycles. The number of nitrogens with one attached hydrogen (secondary N) is 1. The highest BCUT2D eigenvalue weighted by Crippen LogP contribution is 2.15. The molecule has 0 saturated heterocycles. The summed E-state index contributed by atoms with van der Waals surface area (Å²) in [6, 6.07) is 18.5. The van der Waals surface area contributed by atoms with Crippen LogP contribution in [0.2, 0.25) is 5.15 Å². The highest BCUT2D eigenvalue weighted by molar-refractivity contribution is 6.30. The first kappa shape index (κ1) is 38.4. The van der Waals surface area contributed by atoms with Crippen molar-refractivity contribution in [1.82, 2.24) is 20.3 Å². The maximum Gasteiger partial charge on any atom is 0.349 e. The number of fused-ring (bicyclic) bond motifs is 1. The Bertz CT molecular complexity index is 1540. The lowest BCUT2D eigenvalue weighted by Gasteiger charge is -2.01. The van der Waals surface area contributed by atoms with Gasteiger partial charge in [0.25, 0.3) is 5.91 Å². The van der Waals surface area contributed by atoms with Crippen LogP contribution in [0.1, 0.15) is 53.9 Å². The lowest BCUT2D eigenvalue weighted by atomic mass is 10.1. The number of benzene rings is 1. The van der Waals surface area contributed by atoms with Gasteiger partial charge in [0, 0.05) is 43.3 Å². The molecule has 0 bridgehead atoms. The number of carbonyl (C=O) groups is 1. The van der Waals surface area contributed by atoms with E-state index >= 15 is 0 Å². The number of amides is 1. The molecular weight excluding hydrogens is 564 g/mol. The predicted octanol–water partition coefficient (Wildman–Crippen LogP) is 7.96. The van der Waals surface area contributed by atoms with Crippen molar-refractivity contribution < 1.29 is 13.9 Å². The van der Waals surface area contributed by atoms with Crippen LogP contribution in [0.4, 0.5) is 0 Å². The number of aromatic nitrogens is 3. The van der Waals surface area contributed by atoms with Crippen LogP contribution in [0.15, 0.2) is 94.7 Å². The van der Waals surface area contributed by atoms with Crippen LogP contribution in [-0.4, -0.2) is 35.0 Å². The Hall–Kier alpha value is -4.56. The van der Waals surface area contributed by atoms with E-state index in [2.05, 4.69) is 20.3 Å². The number of hydrogen-bond acceptors (Lipinski definition) is 7. The Kier molecular flexibility index (Phi) is 18.9. The minimum atomic E-state index is -0.615. The lowest BCUT2D eigenvalue weighted by molar-refractivity contribution is 0.0959. The smallest absolute Gasteiger partial charge is 0.349 e. The normalized spacial score (nSPS) is 9.05. The lowest BCUT2D eigenvalue weighted by Crippen LogP contribution is -2.24. The van der Waals surface area contributed by atoms with E-state index in [1.165, 1.54) is 12.6 Å². The highest BCUT2D eigenvalue weighted by atomic mass is 35.5. The molecule has 43 heavy (non-hydrogen) atoms. The van der Waals surface area contributed by atoms with Crippen molar-refractivity contribution in [1.29, 1.82) is 0 Å². The van der Waals surface area contributed by atoms with Crippen molar-refractivity contribution >= 4 is 28.5 Å². The van der Waals surface area contributed by atoms with Gasteiger partial charge in [-0.1, -0.05) is 62.7 Å². The Labute approximate surface area is 260 Å². The second-order valence-electron chi connectivity index (χ2n) is 8.59. The van der Waals surface area contributed by atoms with Crippen LogP contribution >= 0.6 is 11.6 Å². The molecule has 0 spiro atoms. The van der Waals surface area contributed by atoms with E-state index in [1.807, 2.05) is 96.3 Å². The summed E-state index contributed by atoms with van der Waals surface area (Å²) in [5, 5.41) is 3.74. The highest BCUT2D eigenvalue weighted by Gasteiger charge is 2.11. The number of ether oxygens (including phenoxy) is 1. The molecule has 0 unspecified atom stereocenters. The van der Waals surface area contributed by atoms with Gasteiger partial charge in [-0.15, -0.1) is 0 Å². The van der Waals surface area contributed by atoms with Crippen molar-refractivity contribution in [2.45, 2.75) is 49.0 Å². The average molecular weight is 607 g/mol. The maximum absolute atomic E-state index is 11.5. The van der Waals surface area contributed by atoms with Gasteiger partial charge in [-0.05, 0) is 74.7 Å². The zero-order valence-corrected chi connectivity index (χ0v) is 26.2. The topological polar surface area (TPSA) is 107 Å². The Morgan fingerprint density at radius 3 is 1.98 bits per heavy atom. The second-order valence-corrected chi connectivity index (χ2v) is 8.95. The Morgan fingerprint density at radius 1 is 0.860 bits per heavy atom. The molecule has 0 aliphatic carbocycles. The summed E-state index contributed by atoms with van der Waals surface area (Å²) in [5.41, 5.74) is 4.33. The van der Waals surface area contributed by atoms with Crippen LogP contribution in [0.3, 0.4) is 0 Å². The van der Waals surface area contributed by atoms with E-state index in [0.717, 1.165) is 22.1 Å². The summed E-state index contributed by atoms with van der Waals surface area (Å²) in [7, 11) is 3.08. The number of carbonyl (C=O) groups excluding carboxylic acids is 1. The molecule has 0 fully saturated rings. The molecule has 4 aromatic heterocycles. The number of halogens is 1. The summed E-state index contributed by atoms with van der Waals surface area (Å²) < 4.78 is 9.91. The van der Waals surface area contributed by atoms with Crippen LogP contribution < -0.4 is 15.7 Å². The van der Waals surface area contributed by atoms with Crippen LogP contribution in [0, 0.1) is 27.7 Å². The molecule has 0 aliphatic heterocycles. The van der Waals surface area contributed by atoms with E-state index in [-0.39, 0.29) is 13.0 Å². The molecule has 0 aliphatic rings. The van der Waals surface area contributed by atoms with Gasteiger partial charge >= 0.3 is 5.63 Å². The quantitative estimate of drug-likeness (QED) is 0.160. The molecule has 8 nitrogen and oxygen atoms in total. The molecule has 230 valence electrons. The number of pyridine rings is 3. The van der Waals surface area contributed by atoms with Gasteiger partial charge in [0.05, 0.1) is 7.11 Å². The van der Waals surface area contributed by atoms with Crippen molar-refractivity contribution in [3.05, 3.63) is 129 Å². The van der Waals surface area contributed by atoms with Gasteiger partial charge in [-0.3, -0.25) is 9.78 Å². The minimum Gasteiger partial charge on any atom is -0.481 e. The number of rotatable bonds is 2. The number of hydrogen-bond donors (Lipinski definition) is 1. The molecule has 9 heteroatoms. The van der Waals surface area contributed by atoms with Crippen molar-refractivity contribution in [2.75, 3.05) is 14.2 Å². The van der Waals surface area contributed by atoms with Gasteiger partial charge in [-0.2, -0.15) is 0 Å². The fourth-order valence-corrected chi connectivity index (χ4v) is 3.14. The molecule has 1 aromatic carbocycles. The number of methoxy groups -OCH3 is 1. The van der Waals surface area contributed by atoms with E-state index in [4.69, 9.17) is 20.8 Å². The molecule has 5 aromatic rings. The fourth-order valence-electron chi connectivity index (χ4n) is 3.03. The third-order valence-corrected chi connectivity index (χ3v) is 5.60. The van der Waals surface area contributed by atoms with Gasteiger partial charge in [0.15, 0.2) is 0 Å². The monoisotopic (exact) mass is 606 g/mol. The van der Waals surface area contributed by atoms with Crippen LogP contribution in [0.25, 0.3) is 11.0 Å². The molecule has 0 atom stereocenters. The molecule has 1 N–H and O–H groups in total. The van der Waals surface area contributed by atoms with E-state index < -0.39 is 11.5 Å². The molecular formula is C34H43ClN4O4. The number of nitrogens with zero attached hydrogens (tertiary/aromatic N) is 3. The van der Waals surface area contributed by atoms with Gasteiger partial charge in [0.2, 0.25) is 5.88 Å². The van der Waals surface area contributed by atoms with Gasteiger partial charge in [-0.25, -0.2) is 14.8 Å². The minimum absolute atomic E-state index is 0. The maximum atomic E-state index is 11.5. The first-order chi connectivity index (χ1) is 20.1. The predicted molar refractivity (Wildman–Crippen MR) is 177 cm³/mol. The summed E-state index contributed by atoms with van der Waals surface area (Å²) in [6.45, 7) is 11.9. The summed E-state index contributed by atoms with van der Waals surface area (Å²) in [4.78, 5) is 34.6. The largest absolute Gasteiger partial charge is 0.481 e. The molecule has 5 rings (SSSR count). The van der Waals surface area contributed by atoms with Crippen molar-refractivity contribution in [3.63, 3.8) is 0 Å². The third-order valence-electron chi connectivity index (χ3n) is 5.21. The fraction of sp³-hybridized carbons (Fsp3) is 0.265. The zero-order chi connectivity index (χ0) is 31.5. The molecule has 0 radical (unpaired) electrons. The zero-order valence-electron chi connectivity index (χ0n) is 25.4. The van der Waals surface area contributed by atoms with E-state index in [9.17, 15) is 9.59 Å². The van der Waals surface area contributed by atoms with Gasteiger partial charge < -0.3 is 14.5 Å². The Balaban J connectivity index is 0.000000564. The second kappa shape index (κ2) is 21.2. The molecule has 1 amide bonds. The van der Waals surface area contributed by atoms with Crippen LogP contribution in [0.5, 0.6) is 5.88 Å². The van der Waals surface area contributed by atoms with Crippen molar-refractivity contribution in [2.24, 2.45) is 0 Å². The molecule has 4 heterocycles. The third kappa shape index (κ3) is 14.3. The SMILES string of the molecule is C.CC.CNC(=O)c1cc2cc(C)ccc2oc1=O.COc1ccc(C)cn1.Cc1cccnc1.Cc1cccnc1Cl. The van der Waals surface area contributed by atoms with E-state index in [0.29, 0.717) is 16.6 Å². The van der Waals surface area contributed by atoms with Crippen LogP contribution in [-0.2, 0) is 0 Å². The summed E-state index contributed by atoms with van der Waals surface area (Å²) in [6.07, 6.45) is 7.06. The number of aryl methyl sites for hydroxylation is 4. The standard InChI is InChI=1S/C12H11NO3.C7H9NO.C6H6ClN.C6H7N.C2H6.CH4/c1-7-3-4-10-8(5-7)6-9(11(14)13-2)12(15)16-10;1-6-3-4-7(9-2)8-5-6;1-5-3-2-4-8-6(5)7;1-6-3-2-4-7-5-6;1-2;/h3-6H,1-2H3,(H,13,14);3-5H,1-2H3;2-4H,1H3;2-5H,1H3;1-2H3;1H4. The summed E-state index contributed by atoms with van der Waals surface area (Å²) in [5.74, 6) is 0.234. The van der Waals surface area contributed by atoms with Crippen molar-refractivity contribution in [3.8, 4) is 5.88 Å².